The average molecular weight is 449 g/mol. The number of rotatable bonds is 5. The van der Waals surface area contributed by atoms with E-state index in [4.69, 9.17) is 0 Å². The quantitative estimate of drug-likeness (QED) is 0.584. The molecule has 0 aliphatic carbocycles. The molecule has 2 nitrogen and oxygen atoms in total. The lowest BCUT2D eigenvalue weighted by Gasteiger charge is -2.29. The second-order valence-electron chi connectivity index (χ2n) is 6.30. The molecule has 166 valence electrons. The van der Waals surface area contributed by atoms with Crippen molar-refractivity contribution in [1.82, 2.24) is 0 Å². The maximum Gasteiger partial charge on any atom is 0.419 e. The molecule has 1 N–H and O–H groups in total. The van der Waals surface area contributed by atoms with Crippen LogP contribution in [0.5, 0.6) is 0 Å². The topological polar surface area (TPSA) is 23.5 Å². The summed E-state index contributed by atoms with van der Waals surface area (Å²) in [5.74, 6) is -1.68. The van der Waals surface area contributed by atoms with E-state index in [2.05, 4.69) is 0 Å². The summed E-state index contributed by atoms with van der Waals surface area (Å²) in [6.45, 7) is -2.00. The van der Waals surface area contributed by atoms with Crippen molar-refractivity contribution in [2.24, 2.45) is 0 Å². The first-order valence-electron chi connectivity index (χ1n) is 8.11. The molecule has 0 bridgehead atoms. The molecular formula is C18H13F10NO. The van der Waals surface area contributed by atoms with Crippen molar-refractivity contribution in [2.75, 3.05) is 11.4 Å². The van der Waals surface area contributed by atoms with Crippen molar-refractivity contribution in [2.45, 2.75) is 31.2 Å². The molecule has 0 aliphatic heterocycles. The predicted octanol–water partition coefficient (Wildman–Crippen LogP) is 5.79. The van der Waals surface area contributed by atoms with E-state index in [0.29, 0.717) is 23.1 Å². The summed E-state index contributed by atoms with van der Waals surface area (Å²) in [7, 11) is 0. The third kappa shape index (κ3) is 6.00. The molecule has 0 saturated heterocycles. The minimum atomic E-state index is -5.16. The average Bonchev–Trinajstić information content (AvgIpc) is 2.59. The Hall–Kier alpha value is -2.50. The maximum atomic E-state index is 13.5. The van der Waals surface area contributed by atoms with Crippen molar-refractivity contribution in [3.63, 3.8) is 0 Å². The first-order chi connectivity index (χ1) is 13.6. The van der Waals surface area contributed by atoms with Crippen LogP contribution in [-0.4, -0.2) is 23.9 Å². The van der Waals surface area contributed by atoms with Gasteiger partial charge in [0, 0.05) is 12.2 Å². The van der Waals surface area contributed by atoms with Crippen molar-refractivity contribution in [1.29, 1.82) is 0 Å². The molecule has 2 aromatic rings. The standard InChI is InChI=1S/C18H13F10NO/c19-14-5-4-12(7-13(14)17(23,24)25)29(9-15(30)18(26,27)28)8-10-2-1-3-11(6-10)16(20,21)22/h1-7,15,30H,8-9H2. The van der Waals surface area contributed by atoms with Crippen LogP contribution in [0.2, 0.25) is 0 Å². The van der Waals surface area contributed by atoms with E-state index in [9.17, 15) is 49.0 Å². The second kappa shape index (κ2) is 8.32. The molecule has 30 heavy (non-hydrogen) atoms. The molecule has 0 heterocycles. The molecular weight excluding hydrogens is 436 g/mol. The number of aliphatic hydroxyl groups is 1. The highest BCUT2D eigenvalue weighted by atomic mass is 19.4. The van der Waals surface area contributed by atoms with Crippen LogP contribution >= 0.6 is 0 Å². The molecule has 0 radical (unpaired) electrons. The lowest BCUT2D eigenvalue weighted by atomic mass is 10.1. The Morgan fingerprint density at radius 1 is 0.833 bits per heavy atom. The van der Waals surface area contributed by atoms with Crippen molar-refractivity contribution in [3.05, 3.63) is 65.0 Å². The highest BCUT2D eigenvalue weighted by Gasteiger charge is 2.40. The molecule has 0 aliphatic rings. The van der Waals surface area contributed by atoms with Crippen LogP contribution in [0, 0.1) is 5.82 Å². The Balaban J connectivity index is 2.47. The van der Waals surface area contributed by atoms with Gasteiger partial charge in [0.25, 0.3) is 0 Å². The number of hydrogen-bond acceptors (Lipinski definition) is 2. The van der Waals surface area contributed by atoms with E-state index in [1.807, 2.05) is 0 Å². The maximum absolute atomic E-state index is 13.5. The number of aliphatic hydroxyl groups excluding tert-OH is 1. The molecule has 1 atom stereocenters. The summed E-state index contributed by atoms with van der Waals surface area (Å²) in [6, 6.07) is 4.75. The Morgan fingerprint density at radius 3 is 2.00 bits per heavy atom. The Kier molecular flexibility index (Phi) is 6.60. The molecule has 0 aromatic heterocycles. The lowest BCUT2D eigenvalue weighted by molar-refractivity contribution is -0.200. The molecule has 12 heteroatoms. The lowest BCUT2D eigenvalue weighted by Crippen LogP contribution is -2.41. The van der Waals surface area contributed by atoms with E-state index >= 15 is 0 Å². The smallest absolute Gasteiger partial charge is 0.382 e. The van der Waals surface area contributed by atoms with E-state index in [0.717, 1.165) is 18.2 Å². The van der Waals surface area contributed by atoms with Crippen molar-refractivity contribution in [3.8, 4) is 0 Å². The zero-order chi connectivity index (χ0) is 22.9. The molecule has 1 unspecified atom stereocenters. The first-order valence-corrected chi connectivity index (χ1v) is 8.11. The number of nitrogens with zero attached hydrogens (tertiary/aromatic N) is 1. The third-order valence-electron chi connectivity index (χ3n) is 4.02. The fourth-order valence-corrected chi connectivity index (χ4v) is 2.57. The second-order valence-corrected chi connectivity index (χ2v) is 6.30. The number of halogens is 10. The Bertz CT molecular complexity index is 872. The van der Waals surface area contributed by atoms with E-state index in [-0.39, 0.29) is 11.6 Å². The number of anilines is 1. The van der Waals surface area contributed by atoms with Gasteiger partial charge in [0.05, 0.1) is 17.7 Å². The summed E-state index contributed by atoms with van der Waals surface area (Å²) in [5.41, 5.74) is -3.64. The van der Waals surface area contributed by atoms with Gasteiger partial charge in [-0.25, -0.2) is 4.39 Å². The van der Waals surface area contributed by atoms with Gasteiger partial charge in [0.15, 0.2) is 6.10 Å². The van der Waals surface area contributed by atoms with Gasteiger partial charge >= 0.3 is 18.5 Å². The van der Waals surface area contributed by atoms with E-state index in [1.165, 1.54) is 0 Å². The van der Waals surface area contributed by atoms with Crippen LogP contribution in [-0.2, 0) is 18.9 Å². The molecule has 2 aromatic carbocycles. The van der Waals surface area contributed by atoms with Crippen LogP contribution in [0.3, 0.4) is 0 Å². The molecule has 0 amide bonds. The van der Waals surface area contributed by atoms with Gasteiger partial charge in [-0.3, -0.25) is 0 Å². The minimum Gasteiger partial charge on any atom is -0.382 e. The van der Waals surface area contributed by atoms with Gasteiger partial charge in [-0.05, 0) is 35.9 Å². The minimum absolute atomic E-state index is 0.183. The zero-order valence-corrected chi connectivity index (χ0v) is 14.7. The fraction of sp³-hybridized carbons (Fsp3) is 0.333. The zero-order valence-electron chi connectivity index (χ0n) is 14.7. The van der Waals surface area contributed by atoms with E-state index in [1.54, 1.807) is 0 Å². The number of hydrogen-bond donors (Lipinski definition) is 1. The highest BCUT2D eigenvalue weighted by Crippen LogP contribution is 2.35. The van der Waals surface area contributed by atoms with Crippen LogP contribution < -0.4 is 4.90 Å². The summed E-state index contributed by atoms with van der Waals surface area (Å²) < 4.78 is 129. The van der Waals surface area contributed by atoms with Gasteiger partial charge in [-0.2, -0.15) is 39.5 Å². The summed E-state index contributed by atoms with van der Waals surface area (Å²) in [4.78, 5) is 0.586. The Morgan fingerprint density at radius 2 is 1.47 bits per heavy atom. The van der Waals surface area contributed by atoms with Gasteiger partial charge in [0.1, 0.15) is 5.82 Å². The largest absolute Gasteiger partial charge is 0.419 e. The highest BCUT2D eigenvalue weighted by molar-refractivity contribution is 5.50. The summed E-state index contributed by atoms with van der Waals surface area (Å²) in [5, 5.41) is 9.32. The molecule has 0 spiro atoms. The van der Waals surface area contributed by atoms with Crippen LogP contribution in [0.15, 0.2) is 42.5 Å². The fourth-order valence-electron chi connectivity index (χ4n) is 2.57. The van der Waals surface area contributed by atoms with Crippen molar-refractivity contribution < 1.29 is 49.0 Å². The van der Waals surface area contributed by atoms with Crippen molar-refractivity contribution >= 4 is 5.69 Å². The Labute approximate surface area is 163 Å². The number of benzene rings is 2. The number of alkyl halides is 9. The third-order valence-corrected chi connectivity index (χ3v) is 4.02. The van der Waals surface area contributed by atoms with E-state index < -0.39 is 60.4 Å². The molecule has 0 saturated carbocycles. The van der Waals surface area contributed by atoms with Crippen LogP contribution in [0.4, 0.5) is 49.6 Å². The van der Waals surface area contributed by atoms with Gasteiger partial charge in [-0.1, -0.05) is 12.1 Å². The monoisotopic (exact) mass is 449 g/mol. The molecule has 2 rings (SSSR count). The summed E-state index contributed by atoms with van der Waals surface area (Å²) >= 11 is 0. The summed E-state index contributed by atoms with van der Waals surface area (Å²) in [6.07, 6.45) is -18.1. The van der Waals surface area contributed by atoms with Gasteiger partial charge in [0.2, 0.25) is 0 Å². The SMILES string of the molecule is OC(CN(Cc1cccc(C(F)(F)F)c1)c1ccc(F)c(C(F)(F)F)c1)C(F)(F)F. The van der Waals surface area contributed by atoms with Gasteiger partial charge < -0.3 is 10.0 Å². The normalized spacial score (nSPS) is 14.0. The van der Waals surface area contributed by atoms with Gasteiger partial charge in [-0.15, -0.1) is 0 Å². The molecule has 0 fully saturated rings. The van der Waals surface area contributed by atoms with Crippen LogP contribution in [0.25, 0.3) is 0 Å². The van der Waals surface area contributed by atoms with Crippen LogP contribution in [0.1, 0.15) is 16.7 Å². The predicted molar refractivity (Wildman–Crippen MR) is 86.0 cm³/mol. The first kappa shape index (κ1) is 23.8.